The van der Waals surface area contributed by atoms with Gasteiger partial charge >= 0.3 is 0 Å². The van der Waals surface area contributed by atoms with Gasteiger partial charge in [0.25, 0.3) is 0 Å². The monoisotopic (exact) mass is 405 g/mol. The Labute approximate surface area is 176 Å². The van der Waals surface area contributed by atoms with Gasteiger partial charge in [0.2, 0.25) is 5.91 Å². The summed E-state index contributed by atoms with van der Waals surface area (Å²) in [6.07, 6.45) is 1.41. The molecular formula is C24H27N3OS. The lowest BCUT2D eigenvalue weighted by molar-refractivity contribution is -0.130. The molecule has 1 aliphatic heterocycles. The van der Waals surface area contributed by atoms with E-state index in [0.717, 1.165) is 55.4 Å². The highest BCUT2D eigenvalue weighted by atomic mass is 32.1. The van der Waals surface area contributed by atoms with Crippen molar-refractivity contribution in [3.63, 3.8) is 0 Å². The molecule has 0 saturated carbocycles. The largest absolute Gasteiger partial charge is 0.341 e. The van der Waals surface area contributed by atoms with Gasteiger partial charge in [0, 0.05) is 43.7 Å². The van der Waals surface area contributed by atoms with Gasteiger partial charge in [-0.1, -0.05) is 60.2 Å². The normalized spacial score (nSPS) is 15.3. The van der Waals surface area contributed by atoms with Crippen LogP contribution in [0.1, 0.15) is 23.2 Å². The lowest BCUT2D eigenvalue weighted by Gasteiger charge is -2.22. The lowest BCUT2D eigenvalue weighted by Crippen LogP contribution is -2.36. The first kappa shape index (κ1) is 19.8. The summed E-state index contributed by atoms with van der Waals surface area (Å²) in [5, 5.41) is 3.00. The van der Waals surface area contributed by atoms with Gasteiger partial charge in [0.1, 0.15) is 5.01 Å². The number of benzene rings is 2. The van der Waals surface area contributed by atoms with E-state index in [1.807, 2.05) is 10.3 Å². The highest BCUT2D eigenvalue weighted by Crippen LogP contribution is 2.24. The van der Waals surface area contributed by atoms with E-state index in [-0.39, 0.29) is 5.91 Å². The van der Waals surface area contributed by atoms with E-state index in [9.17, 15) is 4.79 Å². The third-order valence-corrected chi connectivity index (χ3v) is 6.31. The van der Waals surface area contributed by atoms with Crippen molar-refractivity contribution in [1.82, 2.24) is 14.8 Å². The molecule has 2 heterocycles. The van der Waals surface area contributed by atoms with Crippen LogP contribution >= 0.6 is 11.3 Å². The summed E-state index contributed by atoms with van der Waals surface area (Å²) in [7, 11) is 0. The lowest BCUT2D eigenvalue weighted by atomic mass is 10.2. The molecule has 1 amide bonds. The van der Waals surface area contributed by atoms with Crippen LogP contribution in [0.15, 0.2) is 60.0 Å². The Morgan fingerprint density at radius 1 is 1.00 bits per heavy atom. The molecular weight excluding hydrogens is 378 g/mol. The Morgan fingerprint density at radius 2 is 1.79 bits per heavy atom. The molecule has 0 unspecified atom stereocenters. The fourth-order valence-corrected chi connectivity index (χ4v) is 4.53. The summed E-state index contributed by atoms with van der Waals surface area (Å²) in [6.45, 7) is 6.62. The first-order valence-corrected chi connectivity index (χ1v) is 11.1. The zero-order valence-electron chi connectivity index (χ0n) is 16.9. The number of carbonyl (C=O) groups excluding carboxylic acids is 1. The van der Waals surface area contributed by atoms with Gasteiger partial charge in [-0.15, -0.1) is 11.3 Å². The van der Waals surface area contributed by atoms with Crippen molar-refractivity contribution < 1.29 is 4.79 Å². The number of aryl methyl sites for hydroxylation is 1. The average molecular weight is 406 g/mol. The first-order chi connectivity index (χ1) is 14.2. The summed E-state index contributed by atoms with van der Waals surface area (Å²) in [5.74, 6) is 0.187. The maximum atomic E-state index is 12.8. The predicted molar refractivity (Wildman–Crippen MR) is 119 cm³/mol. The van der Waals surface area contributed by atoms with Crippen LogP contribution in [0.2, 0.25) is 0 Å². The van der Waals surface area contributed by atoms with Gasteiger partial charge in [0.05, 0.1) is 12.1 Å². The van der Waals surface area contributed by atoms with Crippen molar-refractivity contribution >= 4 is 17.2 Å². The number of hydrogen-bond donors (Lipinski definition) is 0. The molecule has 0 N–H and O–H groups in total. The van der Waals surface area contributed by atoms with E-state index < -0.39 is 0 Å². The number of rotatable bonds is 5. The molecule has 150 valence electrons. The number of hydrogen-bond acceptors (Lipinski definition) is 4. The minimum atomic E-state index is 0.187. The Kier molecular flexibility index (Phi) is 6.37. The topological polar surface area (TPSA) is 36.4 Å². The van der Waals surface area contributed by atoms with E-state index in [1.54, 1.807) is 11.3 Å². The number of amides is 1. The highest BCUT2D eigenvalue weighted by Gasteiger charge is 2.20. The van der Waals surface area contributed by atoms with Crippen LogP contribution in [0.3, 0.4) is 0 Å². The number of nitrogens with zero attached hydrogens (tertiary/aromatic N) is 3. The molecule has 2 aromatic carbocycles. The van der Waals surface area contributed by atoms with Crippen LogP contribution in [-0.2, 0) is 17.8 Å². The van der Waals surface area contributed by atoms with Gasteiger partial charge in [-0.2, -0.15) is 0 Å². The van der Waals surface area contributed by atoms with E-state index in [1.165, 1.54) is 11.1 Å². The fourth-order valence-electron chi connectivity index (χ4n) is 3.70. The van der Waals surface area contributed by atoms with Crippen LogP contribution in [0.25, 0.3) is 10.6 Å². The Balaban J connectivity index is 1.32. The number of aromatic nitrogens is 1. The van der Waals surface area contributed by atoms with Crippen molar-refractivity contribution in [1.29, 1.82) is 0 Å². The molecule has 1 aliphatic rings. The fraction of sp³-hybridized carbons (Fsp3) is 0.333. The summed E-state index contributed by atoms with van der Waals surface area (Å²) < 4.78 is 0. The van der Waals surface area contributed by atoms with E-state index in [4.69, 9.17) is 4.98 Å². The molecule has 0 bridgehead atoms. The molecule has 1 saturated heterocycles. The van der Waals surface area contributed by atoms with Gasteiger partial charge in [0.15, 0.2) is 0 Å². The summed E-state index contributed by atoms with van der Waals surface area (Å²) in [5.41, 5.74) is 4.56. The van der Waals surface area contributed by atoms with E-state index >= 15 is 0 Å². The molecule has 3 aromatic rings. The molecule has 1 aromatic heterocycles. The van der Waals surface area contributed by atoms with Crippen molar-refractivity contribution in [2.75, 3.05) is 26.2 Å². The molecule has 0 radical (unpaired) electrons. The Hall–Kier alpha value is -2.50. The second-order valence-corrected chi connectivity index (χ2v) is 8.54. The third kappa shape index (κ3) is 5.31. The molecule has 0 spiro atoms. The summed E-state index contributed by atoms with van der Waals surface area (Å²) in [6, 6.07) is 18.9. The van der Waals surface area contributed by atoms with Gasteiger partial charge in [-0.25, -0.2) is 4.98 Å². The Morgan fingerprint density at radius 3 is 2.59 bits per heavy atom. The Bertz CT molecular complexity index is 936. The van der Waals surface area contributed by atoms with Gasteiger partial charge in [-0.3, -0.25) is 9.69 Å². The van der Waals surface area contributed by atoms with Crippen molar-refractivity contribution in [3.8, 4) is 10.6 Å². The average Bonchev–Trinajstić information content (AvgIpc) is 3.07. The van der Waals surface area contributed by atoms with E-state index in [0.29, 0.717) is 6.42 Å². The zero-order chi connectivity index (χ0) is 20.1. The quantitative estimate of drug-likeness (QED) is 0.631. The van der Waals surface area contributed by atoms with E-state index in [2.05, 4.69) is 66.4 Å². The third-order valence-electron chi connectivity index (χ3n) is 5.37. The van der Waals surface area contributed by atoms with Crippen molar-refractivity contribution in [2.45, 2.75) is 26.3 Å². The smallest absolute Gasteiger partial charge is 0.228 e. The standard InChI is InChI=1S/C24H27N3OS/c1-19-8-10-21(11-9-19)24-25-22(18-29-24)16-23(28)27-13-5-12-26(14-15-27)17-20-6-3-2-4-7-20/h2-4,6-11,18H,5,12-17H2,1H3. The molecule has 5 heteroatoms. The molecule has 1 fully saturated rings. The second kappa shape index (κ2) is 9.33. The molecule has 0 atom stereocenters. The molecule has 29 heavy (non-hydrogen) atoms. The van der Waals surface area contributed by atoms with Crippen LogP contribution < -0.4 is 0 Å². The van der Waals surface area contributed by atoms with Crippen LogP contribution in [-0.4, -0.2) is 46.9 Å². The minimum absolute atomic E-state index is 0.187. The van der Waals surface area contributed by atoms with Crippen molar-refractivity contribution in [3.05, 3.63) is 76.8 Å². The summed E-state index contributed by atoms with van der Waals surface area (Å²) in [4.78, 5) is 22.0. The number of carbonyl (C=O) groups is 1. The molecule has 4 nitrogen and oxygen atoms in total. The van der Waals surface area contributed by atoms with Crippen LogP contribution in [0.4, 0.5) is 0 Å². The van der Waals surface area contributed by atoms with Crippen molar-refractivity contribution in [2.24, 2.45) is 0 Å². The van der Waals surface area contributed by atoms with Gasteiger partial charge < -0.3 is 4.90 Å². The zero-order valence-corrected chi connectivity index (χ0v) is 17.7. The predicted octanol–water partition coefficient (Wildman–Crippen LogP) is 4.40. The minimum Gasteiger partial charge on any atom is -0.341 e. The second-order valence-electron chi connectivity index (χ2n) is 7.68. The van der Waals surface area contributed by atoms with Crippen LogP contribution in [0.5, 0.6) is 0 Å². The first-order valence-electron chi connectivity index (χ1n) is 10.2. The SMILES string of the molecule is Cc1ccc(-c2nc(CC(=O)N3CCCN(Cc4ccccc4)CC3)cs2)cc1. The number of thiazole rings is 1. The maximum absolute atomic E-state index is 12.8. The van der Waals surface area contributed by atoms with Crippen LogP contribution in [0, 0.1) is 6.92 Å². The summed E-state index contributed by atoms with van der Waals surface area (Å²) >= 11 is 1.61. The van der Waals surface area contributed by atoms with Gasteiger partial charge in [-0.05, 0) is 18.9 Å². The molecule has 4 rings (SSSR count). The maximum Gasteiger partial charge on any atom is 0.228 e. The highest BCUT2D eigenvalue weighted by molar-refractivity contribution is 7.13. The molecule has 0 aliphatic carbocycles.